The number of aliphatic carboxylic acids is 1. The van der Waals surface area contributed by atoms with Crippen molar-refractivity contribution in [2.75, 3.05) is 12.3 Å². The molecule has 0 radical (unpaired) electrons. The van der Waals surface area contributed by atoms with Crippen LogP contribution < -0.4 is 5.32 Å². The Balaban J connectivity index is 2.84. The first-order chi connectivity index (χ1) is 8.56. The van der Waals surface area contributed by atoms with Crippen molar-refractivity contribution in [3.63, 3.8) is 0 Å². The zero-order chi connectivity index (χ0) is 13.5. The molecule has 5 nitrogen and oxygen atoms in total. The molecule has 18 heavy (non-hydrogen) atoms. The molecule has 0 fully saturated rings. The third kappa shape index (κ3) is 3.96. The first kappa shape index (κ1) is 14.4. The van der Waals surface area contributed by atoms with Crippen molar-refractivity contribution in [2.45, 2.75) is 12.2 Å². The Kier molecular flexibility index (Phi) is 5.51. The Morgan fingerprint density at radius 1 is 1.33 bits per heavy atom. The molecule has 0 aliphatic rings. The monoisotopic (exact) mass is 269 g/mol. The first-order valence-corrected chi connectivity index (χ1v) is 6.86. The molecule has 2 atom stereocenters. The van der Waals surface area contributed by atoms with Crippen molar-refractivity contribution in [1.29, 1.82) is 0 Å². The van der Waals surface area contributed by atoms with E-state index in [4.69, 9.17) is 5.11 Å². The largest absolute Gasteiger partial charge is 0.480 e. The number of carbonyl (C=O) groups excluding carboxylic acids is 1. The Morgan fingerprint density at radius 3 is 2.44 bits per heavy atom. The number of carboxylic acids is 1. The molecule has 98 valence electrons. The average Bonchev–Trinajstić information content (AvgIpc) is 2.30. The number of carboxylic acid groups (broad SMARTS) is 1. The summed E-state index contributed by atoms with van der Waals surface area (Å²) in [7, 11) is -1.78. The van der Waals surface area contributed by atoms with Gasteiger partial charge in [-0.25, -0.2) is 0 Å². The van der Waals surface area contributed by atoms with E-state index in [1.807, 2.05) is 0 Å². The maximum absolute atomic E-state index is 11.9. The van der Waals surface area contributed by atoms with E-state index in [0.717, 1.165) is 0 Å². The SMILES string of the molecule is CCNC(=O)CS(=O)C(C(=O)O)c1ccccc1. The van der Waals surface area contributed by atoms with Gasteiger partial charge in [-0.1, -0.05) is 30.3 Å². The maximum atomic E-state index is 11.9. The number of carbonyl (C=O) groups is 2. The van der Waals surface area contributed by atoms with Gasteiger partial charge in [0.15, 0.2) is 5.25 Å². The molecule has 0 bridgehead atoms. The molecule has 2 unspecified atom stereocenters. The molecule has 6 heteroatoms. The van der Waals surface area contributed by atoms with Crippen molar-refractivity contribution in [1.82, 2.24) is 5.32 Å². The molecule has 0 aliphatic carbocycles. The van der Waals surface area contributed by atoms with Crippen molar-refractivity contribution in [2.24, 2.45) is 0 Å². The van der Waals surface area contributed by atoms with Crippen molar-refractivity contribution in [3.8, 4) is 0 Å². The van der Waals surface area contributed by atoms with Gasteiger partial charge >= 0.3 is 5.97 Å². The Labute approximate surface area is 108 Å². The van der Waals surface area contributed by atoms with E-state index >= 15 is 0 Å². The second kappa shape index (κ2) is 6.90. The second-order valence-electron chi connectivity index (χ2n) is 3.61. The summed E-state index contributed by atoms with van der Waals surface area (Å²) in [5.41, 5.74) is 0.438. The van der Waals surface area contributed by atoms with Crippen molar-refractivity contribution >= 4 is 22.7 Å². The number of amides is 1. The van der Waals surface area contributed by atoms with Gasteiger partial charge in [0, 0.05) is 17.3 Å². The standard InChI is InChI=1S/C12H15NO4S/c1-2-13-10(14)8-18(17)11(12(15)16)9-6-4-3-5-7-9/h3-7,11H,2,8H2,1H3,(H,13,14)(H,15,16). The summed E-state index contributed by atoms with van der Waals surface area (Å²) in [6.45, 7) is 2.17. The third-order valence-electron chi connectivity index (χ3n) is 2.24. The molecule has 1 aromatic carbocycles. The van der Waals surface area contributed by atoms with Gasteiger partial charge in [-0.05, 0) is 12.5 Å². The molecular weight excluding hydrogens is 254 g/mol. The van der Waals surface area contributed by atoms with E-state index < -0.39 is 27.9 Å². The maximum Gasteiger partial charge on any atom is 0.323 e. The highest BCUT2D eigenvalue weighted by Crippen LogP contribution is 2.20. The predicted octanol–water partition coefficient (Wildman–Crippen LogP) is 0.697. The minimum absolute atomic E-state index is 0.306. The second-order valence-corrected chi connectivity index (χ2v) is 5.13. The van der Waals surface area contributed by atoms with Crippen LogP contribution in [0, 0.1) is 0 Å². The van der Waals surface area contributed by atoms with Gasteiger partial charge in [0.2, 0.25) is 5.91 Å². The topological polar surface area (TPSA) is 83.5 Å². The Morgan fingerprint density at radius 2 is 1.94 bits per heavy atom. The van der Waals surface area contributed by atoms with Gasteiger partial charge in [0.1, 0.15) is 5.75 Å². The van der Waals surface area contributed by atoms with Crippen LogP contribution in [-0.4, -0.2) is 33.5 Å². The zero-order valence-corrected chi connectivity index (χ0v) is 10.8. The van der Waals surface area contributed by atoms with Crippen LogP contribution in [0.4, 0.5) is 0 Å². The van der Waals surface area contributed by atoms with Gasteiger partial charge in [0.05, 0.1) is 0 Å². The van der Waals surface area contributed by atoms with Crippen LogP contribution in [0.3, 0.4) is 0 Å². The molecule has 0 aromatic heterocycles. The summed E-state index contributed by atoms with van der Waals surface area (Å²) >= 11 is 0. The smallest absolute Gasteiger partial charge is 0.323 e. The fourth-order valence-corrected chi connectivity index (χ4v) is 2.71. The van der Waals surface area contributed by atoms with Crippen LogP contribution in [0.2, 0.25) is 0 Å². The van der Waals surface area contributed by atoms with Crippen LogP contribution in [0.25, 0.3) is 0 Å². The van der Waals surface area contributed by atoms with Crippen LogP contribution in [0.5, 0.6) is 0 Å². The highest BCUT2D eigenvalue weighted by atomic mass is 32.2. The molecule has 1 aromatic rings. The first-order valence-electron chi connectivity index (χ1n) is 5.48. The summed E-state index contributed by atoms with van der Waals surface area (Å²) in [5.74, 6) is -1.90. The summed E-state index contributed by atoms with van der Waals surface area (Å²) in [6, 6.07) is 8.28. The fourth-order valence-electron chi connectivity index (χ4n) is 1.50. The molecule has 0 saturated carbocycles. The number of rotatable bonds is 6. The zero-order valence-electron chi connectivity index (χ0n) is 9.96. The fraction of sp³-hybridized carbons (Fsp3) is 0.333. The highest BCUT2D eigenvalue weighted by molar-refractivity contribution is 7.86. The molecule has 0 saturated heterocycles. The van der Waals surface area contributed by atoms with Gasteiger partial charge in [-0.15, -0.1) is 0 Å². The van der Waals surface area contributed by atoms with Crippen LogP contribution in [-0.2, 0) is 20.4 Å². The van der Waals surface area contributed by atoms with Crippen LogP contribution in [0.15, 0.2) is 30.3 Å². The molecule has 1 amide bonds. The molecule has 0 aliphatic heterocycles. The molecule has 0 heterocycles. The lowest BCUT2D eigenvalue weighted by Gasteiger charge is -2.12. The Bertz CT molecular complexity index is 447. The lowest BCUT2D eigenvalue weighted by molar-refractivity contribution is -0.136. The molecular formula is C12H15NO4S. The van der Waals surface area contributed by atoms with E-state index in [1.165, 1.54) is 0 Å². The van der Waals surface area contributed by atoms with E-state index in [-0.39, 0.29) is 5.75 Å². The minimum Gasteiger partial charge on any atom is -0.480 e. The number of benzene rings is 1. The van der Waals surface area contributed by atoms with Gasteiger partial charge in [0.25, 0.3) is 0 Å². The van der Waals surface area contributed by atoms with Crippen LogP contribution >= 0.6 is 0 Å². The quantitative estimate of drug-likeness (QED) is 0.796. The lowest BCUT2D eigenvalue weighted by Crippen LogP contribution is -2.31. The Hall–Kier alpha value is -1.69. The minimum atomic E-state index is -1.78. The van der Waals surface area contributed by atoms with E-state index in [2.05, 4.69) is 5.32 Å². The van der Waals surface area contributed by atoms with Gasteiger partial charge in [-0.2, -0.15) is 0 Å². The number of hydrogen-bond acceptors (Lipinski definition) is 3. The van der Waals surface area contributed by atoms with Gasteiger partial charge < -0.3 is 10.4 Å². The summed E-state index contributed by atoms with van der Waals surface area (Å²) in [6.07, 6.45) is 0. The molecule has 2 N–H and O–H groups in total. The molecule has 1 rings (SSSR count). The van der Waals surface area contributed by atoms with Gasteiger partial charge in [-0.3, -0.25) is 13.8 Å². The van der Waals surface area contributed by atoms with E-state index in [0.29, 0.717) is 12.1 Å². The lowest BCUT2D eigenvalue weighted by atomic mass is 10.1. The predicted molar refractivity (Wildman–Crippen MR) is 68.5 cm³/mol. The number of hydrogen-bond donors (Lipinski definition) is 2. The normalized spacial score (nSPS) is 13.6. The summed E-state index contributed by atoms with van der Waals surface area (Å²) in [5, 5.41) is 10.4. The number of nitrogens with one attached hydrogen (secondary N) is 1. The third-order valence-corrected chi connectivity index (χ3v) is 3.78. The summed E-state index contributed by atoms with van der Waals surface area (Å²) < 4.78 is 11.9. The van der Waals surface area contributed by atoms with Crippen LogP contribution in [0.1, 0.15) is 17.7 Å². The highest BCUT2D eigenvalue weighted by Gasteiger charge is 2.27. The van der Waals surface area contributed by atoms with E-state index in [9.17, 15) is 13.8 Å². The van der Waals surface area contributed by atoms with Crippen molar-refractivity contribution < 1.29 is 18.9 Å². The van der Waals surface area contributed by atoms with E-state index in [1.54, 1.807) is 37.3 Å². The average molecular weight is 269 g/mol. The molecule has 0 spiro atoms. The van der Waals surface area contributed by atoms with Crippen molar-refractivity contribution in [3.05, 3.63) is 35.9 Å². The summed E-state index contributed by atoms with van der Waals surface area (Å²) in [4.78, 5) is 22.5.